The Bertz CT molecular complexity index is 692. The van der Waals surface area contributed by atoms with Gasteiger partial charge in [0.1, 0.15) is 0 Å². The van der Waals surface area contributed by atoms with E-state index >= 15 is 0 Å². The number of carboxylic acids is 2. The molecular formula is C45H86O4-2. The molecule has 0 bridgehead atoms. The predicted molar refractivity (Wildman–Crippen MR) is 208 cm³/mol. The largest absolute Gasteiger partial charge is 0.550 e. The van der Waals surface area contributed by atoms with Gasteiger partial charge in [0.2, 0.25) is 0 Å². The molecule has 0 saturated carbocycles. The van der Waals surface area contributed by atoms with Crippen molar-refractivity contribution in [2.45, 2.75) is 265 Å². The first-order valence-corrected chi connectivity index (χ1v) is 22.3. The number of carboxylic acid groups (broad SMARTS) is 2. The van der Waals surface area contributed by atoms with Crippen molar-refractivity contribution in [3.63, 3.8) is 0 Å². The van der Waals surface area contributed by atoms with Crippen molar-refractivity contribution in [1.82, 2.24) is 0 Å². The molecule has 0 atom stereocenters. The van der Waals surface area contributed by atoms with Crippen molar-refractivity contribution in [2.75, 3.05) is 0 Å². The molecule has 0 aromatic rings. The minimum atomic E-state index is -1.10. The van der Waals surface area contributed by atoms with Crippen LogP contribution in [0.3, 0.4) is 0 Å². The van der Waals surface area contributed by atoms with Crippen LogP contribution < -0.4 is 10.2 Å². The summed E-state index contributed by atoms with van der Waals surface area (Å²) >= 11 is 0. The number of hydrogen-bond acceptors (Lipinski definition) is 4. The van der Waals surface area contributed by atoms with Crippen LogP contribution in [0.15, 0.2) is 0 Å². The molecule has 49 heavy (non-hydrogen) atoms. The first-order valence-electron chi connectivity index (χ1n) is 22.3. The number of hydrogen-bond donors (Lipinski definition) is 0. The molecule has 292 valence electrons. The predicted octanol–water partition coefficient (Wildman–Crippen LogP) is 13.0. The number of rotatable bonds is 40. The van der Waals surface area contributed by atoms with E-state index in [1.165, 1.54) is 128 Å². The molecule has 0 spiro atoms. The van der Waals surface area contributed by atoms with Gasteiger partial charge in [0, 0.05) is 17.4 Å². The fourth-order valence-electron chi connectivity index (χ4n) is 8.62. The fourth-order valence-corrected chi connectivity index (χ4v) is 8.62. The molecule has 0 aromatic heterocycles. The molecule has 0 heterocycles. The van der Waals surface area contributed by atoms with Crippen LogP contribution >= 0.6 is 0 Å². The first kappa shape index (κ1) is 47.9. The summed E-state index contributed by atoms with van der Waals surface area (Å²) in [5.74, 6) is -2.05. The minimum absolute atomic E-state index is 0.137. The quantitative estimate of drug-likeness (QED) is 0.0599. The summed E-state index contributed by atoms with van der Waals surface area (Å²) in [5.41, 5.74) is -1.89. The van der Waals surface area contributed by atoms with Gasteiger partial charge in [-0.15, -0.1) is 0 Å². The second-order valence-corrected chi connectivity index (χ2v) is 16.1. The van der Waals surface area contributed by atoms with Crippen LogP contribution in [0.1, 0.15) is 265 Å². The molecule has 4 heteroatoms. The van der Waals surface area contributed by atoms with E-state index in [4.69, 9.17) is 0 Å². The van der Waals surface area contributed by atoms with Gasteiger partial charge in [-0.05, 0) is 37.5 Å². The Labute approximate surface area is 307 Å². The van der Waals surface area contributed by atoms with Crippen LogP contribution in [0.2, 0.25) is 0 Å². The van der Waals surface area contributed by atoms with Crippen molar-refractivity contribution >= 4 is 11.9 Å². The van der Waals surface area contributed by atoms with Crippen LogP contribution in [-0.2, 0) is 9.59 Å². The van der Waals surface area contributed by atoms with Crippen molar-refractivity contribution in [2.24, 2.45) is 10.8 Å². The van der Waals surface area contributed by atoms with E-state index < -0.39 is 22.8 Å². The van der Waals surface area contributed by atoms with E-state index in [0.29, 0.717) is 25.7 Å². The standard InChI is InChI=1S/C45H88O4/c1-5-9-13-17-21-25-29-33-37-44(41-42(46)47,38-34-30-26-22-18-14-10-6-2)45(43(48)49,39-35-31-27-23-19-15-11-7-3)40-36-32-28-24-20-16-12-8-4/h5-41H2,1-4H3,(H,46,47)(H,48,49)/p-2. The highest BCUT2D eigenvalue weighted by atomic mass is 16.4. The highest BCUT2D eigenvalue weighted by molar-refractivity contribution is 5.76. The van der Waals surface area contributed by atoms with E-state index in [1.807, 2.05) is 0 Å². The lowest BCUT2D eigenvalue weighted by Crippen LogP contribution is -2.55. The molecule has 0 aliphatic carbocycles. The van der Waals surface area contributed by atoms with Crippen molar-refractivity contribution in [3.05, 3.63) is 0 Å². The third kappa shape index (κ3) is 23.9. The number of carbonyl (C=O) groups is 2. The zero-order valence-electron chi connectivity index (χ0n) is 33.8. The molecule has 0 radical (unpaired) electrons. The fraction of sp³-hybridized carbons (Fsp3) is 0.956. The monoisotopic (exact) mass is 691 g/mol. The van der Waals surface area contributed by atoms with Gasteiger partial charge >= 0.3 is 0 Å². The van der Waals surface area contributed by atoms with Gasteiger partial charge in [0.25, 0.3) is 0 Å². The smallest absolute Gasteiger partial charge is 0.0481 e. The Morgan fingerprint density at radius 2 is 0.571 bits per heavy atom. The highest BCUT2D eigenvalue weighted by Crippen LogP contribution is 2.55. The minimum Gasteiger partial charge on any atom is -0.550 e. The van der Waals surface area contributed by atoms with E-state index in [0.717, 1.165) is 77.0 Å². The highest BCUT2D eigenvalue weighted by Gasteiger charge is 2.50. The Morgan fingerprint density at radius 3 is 0.796 bits per heavy atom. The zero-order chi connectivity index (χ0) is 36.3. The maximum atomic E-state index is 13.7. The molecule has 0 saturated heterocycles. The summed E-state index contributed by atoms with van der Waals surface area (Å²) in [6.45, 7) is 8.97. The van der Waals surface area contributed by atoms with Crippen molar-refractivity contribution in [3.8, 4) is 0 Å². The Hall–Kier alpha value is -1.06. The van der Waals surface area contributed by atoms with E-state index in [2.05, 4.69) is 27.7 Å². The Balaban J connectivity index is 6.02. The van der Waals surface area contributed by atoms with E-state index in [1.54, 1.807) is 0 Å². The van der Waals surface area contributed by atoms with Crippen LogP contribution in [-0.4, -0.2) is 11.9 Å². The Kier molecular flexibility index (Phi) is 33.3. The SMILES string of the molecule is CCCCCCCCCCC(CCCCCCCCCC)(CC(=O)[O-])C(CCCCCCCCCC)(CCCCCCCCCC)C(=O)[O-]. The second-order valence-electron chi connectivity index (χ2n) is 16.1. The third-order valence-electron chi connectivity index (χ3n) is 11.8. The molecule has 0 rings (SSSR count). The molecule has 0 fully saturated rings. The molecule has 4 nitrogen and oxygen atoms in total. The average molecular weight is 691 g/mol. The molecule has 0 aromatic carbocycles. The Morgan fingerprint density at radius 1 is 0.347 bits per heavy atom. The van der Waals surface area contributed by atoms with Gasteiger partial charge in [0.15, 0.2) is 0 Å². The van der Waals surface area contributed by atoms with Gasteiger partial charge in [0.05, 0.1) is 0 Å². The summed E-state index contributed by atoms with van der Waals surface area (Å²) in [7, 11) is 0. The summed E-state index contributed by atoms with van der Waals surface area (Å²) in [6, 6.07) is 0. The molecule has 0 aliphatic rings. The third-order valence-corrected chi connectivity index (χ3v) is 11.8. The van der Waals surface area contributed by atoms with Crippen molar-refractivity contribution in [1.29, 1.82) is 0 Å². The summed E-state index contributed by atoms with van der Waals surface area (Å²) in [5, 5.41) is 26.3. The van der Waals surface area contributed by atoms with E-state index in [-0.39, 0.29) is 6.42 Å². The average Bonchev–Trinajstić information content (AvgIpc) is 3.08. The van der Waals surface area contributed by atoms with Gasteiger partial charge in [-0.3, -0.25) is 0 Å². The summed E-state index contributed by atoms with van der Waals surface area (Å²) in [4.78, 5) is 26.3. The molecule has 0 N–H and O–H groups in total. The van der Waals surface area contributed by atoms with E-state index in [9.17, 15) is 19.8 Å². The van der Waals surface area contributed by atoms with Crippen LogP contribution in [0, 0.1) is 10.8 Å². The van der Waals surface area contributed by atoms with Crippen molar-refractivity contribution < 1.29 is 19.8 Å². The van der Waals surface area contributed by atoms with Crippen LogP contribution in [0.5, 0.6) is 0 Å². The lowest BCUT2D eigenvalue weighted by molar-refractivity contribution is -0.331. The van der Waals surface area contributed by atoms with Gasteiger partial charge in [-0.2, -0.15) is 0 Å². The topological polar surface area (TPSA) is 80.3 Å². The maximum absolute atomic E-state index is 13.7. The lowest BCUT2D eigenvalue weighted by Gasteiger charge is -2.53. The summed E-state index contributed by atoms with van der Waals surface area (Å²) in [6.07, 6.45) is 39.7. The number of aliphatic carboxylic acids is 2. The normalized spacial score (nSPS) is 12.2. The molecule has 0 unspecified atom stereocenters. The number of unbranched alkanes of at least 4 members (excludes halogenated alkanes) is 28. The lowest BCUT2D eigenvalue weighted by atomic mass is 9.53. The second kappa shape index (κ2) is 34.0. The molecular weight excluding hydrogens is 604 g/mol. The van der Waals surface area contributed by atoms with Gasteiger partial charge in [-0.25, -0.2) is 0 Å². The zero-order valence-corrected chi connectivity index (χ0v) is 33.8. The maximum Gasteiger partial charge on any atom is 0.0481 e. The van der Waals surface area contributed by atoms with Gasteiger partial charge in [-0.1, -0.05) is 233 Å². The molecule has 0 amide bonds. The number of carbonyl (C=O) groups excluding carboxylic acids is 2. The van der Waals surface area contributed by atoms with Gasteiger partial charge < -0.3 is 19.8 Å². The van der Waals surface area contributed by atoms with Crippen LogP contribution in [0.4, 0.5) is 0 Å². The molecule has 0 aliphatic heterocycles. The first-order chi connectivity index (χ1) is 23.9. The summed E-state index contributed by atoms with van der Waals surface area (Å²) < 4.78 is 0. The van der Waals surface area contributed by atoms with Crippen LogP contribution in [0.25, 0.3) is 0 Å².